The van der Waals surface area contributed by atoms with Crippen molar-refractivity contribution in [1.29, 1.82) is 0 Å². The maximum absolute atomic E-state index is 12.5. The molecule has 0 saturated heterocycles. The van der Waals surface area contributed by atoms with Gasteiger partial charge < -0.3 is 4.90 Å². The van der Waals surface area contributed by atoms with Crippen molar-refractivity contribution in [1.82, 2.24) is 0 Å². The number of carbonyl (C=O) groups excluding carboxylic acids is 1. The van der Waals surface area contributed by atoms with Crippen molar-refractivity contribution >= 4 is 21.4 Å². The minimum Gasteiger partial charge on any atom is -0.314 e. The van der Waals surface area contributed by atoms with Gasteiger partial charge in [-0.25, -0.2) is 8.42 Å². The molecule has 4 nitrogen and oxygen atoms in total. The summed E-state index contributed by atoms with van der Waals surface area (Å²) >= 11 is 0. The predicted octanol–water partition coefficient (Wildman–Crippen LogP) is 1.91. The van der Waals surface area contributed by atoms with E-state index in [2.05, 4.69) is 6.58 Å². The number of carbonyl (C=O) groups is 1. The highest BCUT2D eigenvalue weighted by atomic mass is 32.2. The molecule has 1 heterocycles. The molecule has 1 amide bonds. The third-order valence-corrected chi connectivity index (χ3v) is 5.56. The number of hydrogen-bond acceptors (Lipinski definition) is 3. The Morgan fingerprint density at radius 2 is 1.95 bits per heavy atom. The summed E-state index contributed by atoms with van der Waals surface area (Å²) in [6.07, 6.45) is 0. The van der Waals surface area contributed by atoms with Crippen molar-refractivity contribution in [3.63, 3.8) is 0 Å². The average Bonchev–Trinajstić information content (AvgIpc) is 2.50. The molecule has 1 aromatic carbocycles. The van der Waals surface area contributed by atoms with Gasteiger partial charge >= 0.3 is 0 Å². The van der Waals surface area contributed by atoms with Crippen molar-refractivity contribution in [2.45, 2.75) is 19.3 Å². The lowest BCUT2D eigenvalue weighted by Gasteiger charge is -2.23. The molecule has 0 fully saturated rings. The Morgan fingerprint density at radius 1 is 1.35 bits per heavy atom. The van der Waals surface area contributed by atoms with E-state index in [0.717, 1.165) is 11.3 Å². The molecule has 108 valence electrons. The first-order valence-corrected chi connectivity index (χ1v) is 8.22. The Hall–Kier alpha value is -1.62. The summed E-state index contributed by atoms with van der Waals surface area (Å²) in [7, 11) is -1.69. The van der Waals surface area contributed by atoms with Crippen molar-refractivity contribution in [3.05, 3.63) is 42.0 Å². The van der Waals surface area contributed by atoms with Crippen LogP contribution in [0.15, 0.2) is 36.4 Å². The lowest BCUT2D eigenvalue weighted by molar-refractivity contribution is -0.121. The van der Waals surface area contributed by atoms with Gasteiger partial charge in [0.25, 0.3) is 0 Å². The quantitative estimate of drug-likeness (QED) is 0.797. The molecule has 0 N–H and O–H groups in total. The summed E-state index contributed by atoms with van der Waals surface area (Å²) in [6.45, 7) is 7.02. The van der Waals surface area contributed by atoms with Gasteiger partial charge in [0.05, 0.1) is 16.9 Å². The van der Waals surface area contributed by atoms with Crippen molar-refractivity contribution in [2.24, 2.45) is 0 Å². The first-order valence-electron chi connectivity index (χ1n) is 6.40. The fourth-order valence-electron chi connectivity index (χ4n) is 2.83. The Balaban J connectivity index is 2.45. The number of sulfone groups is 1. The zero-order valence-electron chi connectivity index (χ0n) is 12.0. The van der Waals surface area contributed by atoms with Crippen LogP contribution in [0.3, 0.4) is 0 Å². The normalized spacial score (nSPS) is 21.9. The Kier molecular flexibility index (Phi) is 3.50. The minimum atomic E-state index is -3.37. The van der Waals surface area contributed by atoms with Crippen molar-refractivity contribution < 1.29 is 13.2 Å². The number of likely N-dealkylation sites (N-methyl/N-ethyl adjacent to an activating group) is 1. The molecule has 0 bridgehead atoms. The molecule has 1 aromatic rings. The standard InChI is InChI=1S/C15H19NO3S/c1-11(2)9-20(18,19)10-15(3)12-7-5-6-8-13(12)16(4)14(15)17/h5-8H,1,9-10H2,2-4H3. The number of fused-ring (bicyclic) bond motifs is 1. The molecule has 1 aliphatic heterocycles. The van der Waals surface area contributed by atoms with E-state index in [1.807, 2.05) is 24.3 Å². The summed E-state index contributed by atoms with van der Waals surface area (Å²) in [5.74, 6) is -0.446. The fraction of sp³-hybridized carbons (Fsp3) is 0.400. The molecule has 0 spiro atoms. The fourth-order valence-corrected chi connectivity index (χ4v) is 4.84. The summed E-state index contributed by atoms with van der Waals surface area (Å²) < 4.78 is 24.5. The summed E-state index contributed by atoms with van der Waals surface area (Å²) in [6, 6.07) is 7.34. The van der Waals surface area contributed by atoms with Gasteiger partial charge in [0.15, 0.2) is 9.84 Å². The number of anilines is 1. The third-order valence-electron chi connectivity index (χ3n) is 3.61. The van der Waals surface area contributed by atoms with Gasteiger partial charge in [0.2, 0.25) is 5.91 Å². The zero-order valence-corrected chi connectivity index (χ0v) is 12.8. The second-order valence-corrected chi connectivity index (χ2v) is 7.77. The summed E-state index contributed by atoms with van der Waals surface area (Å²) in [5.41, 5.74) is 1.13. The number of rotatable bonds is 4. The van der Waals surface area contributed by atoms with Crippen LogP contribution in [0.5, 0.6) is 0 Å². The molecule has 1 atom stereocenters. The molecule has 0 aliphatic carbocycles. The third kappa shape index (κ3) is 2.38. The van der Waals surface area contributed by atoms with Gasteiger partial charge in [0.1, 0.15) is 0 Å². The first-order chi connectivity index (χ1) is 9.17. The van der Waals surface area contributed by atoms with Crippen molar-refractivity contribution in [3.8, 4) is 0 Å². The van der Waals surface area contributed by atoms with Gasteiger partial charge in [-0.05, 0) is 25.5 Å². The van der Waals surface area contributed by atoms with Crippen LogP contribution in [-0.2, 0) is 20.0 Å². The molecular weight excluding hydrogens is 274 g/mol. The Bertz CT molecular complexity index is 678. The number of nitrogens with zero attached hydrogens (tertiary/aromatic N) is 1. The Labute approximate surface area is 120 Å². The zero-order chi connectivity index (χ0) is 15.1. The SMILES string of the molecule is C=C(C)CS(=O)(=O)CC1(C)C(=O)N(C)c2ccccc21. The second-order valence-electron chi connectivity index (χ2n) is 5.70. The van der Waals surface area contributed by atoms with Gasteiger partial charge in [-0.15, -0.1) is 0 Å². The van der Waals surface area contributed by atoms with Gasteiger partial charge in [0, 0.05) is 12.7 Å². The molecule has 0 radical (unpaired) electrons. The van der Waals surface area contributed by atoms with Crippen LogP contribution in [-0.4, -0.2) is 32.9 Å². The summed E-state index contributed by atoms with van der Waals surface area (Å²) in [5, 5.41) is 0. The predicted molar refractivity (Wildman–Crippen MR) is 80.7 cm³/mol. The number of para-hydroxylation sites is 1. The van der Waals surface area contributed by atoms with Crippen LogP contribution < -0.4 is 4.90 Å². The van der Waals surface area contributed by atoms with E-state index < -0.39 is 15.3 Å². The van der Waals surface area contributed by atoms with Crippen LogP contribution in [0.2, 0.25) is 0 Å². The van der Waals surface area contributed by atoms with Gasteiger partial charge in [-0.3, -0.25) is 4.79 Å². The second kappa shape index (κ2) is 4.74. The minimum absolute atomic E-state index is 0.0816. The van der Waals surface area contributed by atoms with Crippen LogP contribution in [0.1, 0.15) is 19.4 Å². The van der Waals surface area contributed by atoms with Crippen LogP contribution >= 0.6 is 0 Å². The van der Waals surface area contributed by atoms with Gasteiger partial charge in [-0.1, -0.05) is 30.4 Å². The highest BCUT2D eigenvalue weighted by Gasteiger charge is 2.48. The maximum atomic E-state index is 12.5. The van der Waals surface area contributed by atoms with E-state index in [4.69, 9.17) is 0 Å². The lowest BCUT2D eigenvalue weighted by atomic mass is 9.86. The number of benzene rings is 1. The van der Waals surface area contributed by atoms with E-state index in [9.17, 15) is 13.2 Å². The van der Waals surface area contributed by atoms with Crippen LogP contribution in [0.25, 0.3) is 0 Å². The van der Waals surface area contributed by atoms with Crippen LogP contribution in [0, 0.1) is 0 Å². The molecule has 2 rings (SSSR count). The molecular formula is C15H19NO3S. The van der Waals surface area contributed by atoms with E-state index in [1.165, 1.54) is 4.90 Å². The van der Waals surface area contributed by atoms with Crippen LogP contribution in [0.4, 0.5) is 5.69 Å². The Morgan fingerprint density at radius 3 is 2.55 bits per heavy atom. The van der Waals surface area contributed by atoms with Crippen molar-refractivity contribution in [2.75, 3.05) is 23.5 Å². The number of amides is 1. The topological polar surface area (TPSA) is 54.5 Å². The highest BCUT2D eigenvalue weighted by molar-refractivity contribution is 7.91. The van der Waals surface area contributed by atoms with E-state index >= 15 is 0 Å². The number of hydrogen-bond donors (Lipinski definition) is 0. The van der Waals surface area contributed by atoms with E-state index in [0.29, 0.717) is 5.57 Å². The van der Waals surface area contributed by atoms with Gasteiger partial charge in [-0.2, -0.15) is 0 Å². The maximum Gasteiger partial charge on any atom is 0.238 e. The monoisotopic (exact) mass is 293 g/mol. The van der Waals surface area contributed by atoms with E-state index in [1.54, 1.807) is 20.9 Å². The molecule has 0 aromatic heterocycles. The lowest BCUT2D eigenvalue weighted by Crippen LogP contribution is -2.42. The first kappa shape index (κ1) is 14.8. The molecule has 20 heavy (non-hydrogen) atoms. The average molecular weight is 293 g/mol. The largest absolute Gasteiger partial charge is 0.314 e. The molecule has 5 heteroatoms. The molecule has 1 unspecified atom stereocenters. The highest BCUT2D eigenvalue weighted by Crippen LogP contribution is 2.41. The van der Waals surface area contributed by atoms with E-state index in [-0.39, 0.29) is 17.4 Å². The smallest absolute Gasteiger partial charge is 0.238 e. The summed E-state index contributed by atoms with van der Waals surface area (Å²) in [4.78, 5) is 14.0. The molecule has 1 aliphatic rings. The molecule has 0 saturated carbocycles.